The summed E-state index contributed by atoms with van der Waals surface area (Å²) in [7, 11) is 0. The van der Waals surface area contributed by atoms with Gasteiger partial charge >= 0.3 is 0 Å². The zero-order chi connectivity index (χ0) is 17.6. The van der Waals surface area contributed by atoms with E-state index in [1.54, 1.807) is 0 Å². The van der Waals surface area contributed by atoms with Crippen LogP contribution in [0.2, 0.25) is 0 Å². The molecule has 2 aromatic carbocycles. The minimum Gasteiger partial charge on any atom is -0.494 e. The van der Waals surface area contributed by atoms with Crippen LogP contribution in [0.25, 0.3) is 6.08 Å². The molecule has 1 aliphatic rings. The Morgan fingerprint density at radius 2 is 1.96 bits per heavy atom. The third kappa shape index (κ3) is 4.30. The number of carbonyl (C=O) groups is 1. The first-order valence-electron chi connectivity index (χ1n) is 8.89. The van der Waals surface area contributed by atoms with Crippen molar-refractivity contribution in [1.29, 1.82) is 0 Å². The van der Waals surface area contributed by atoms with Gasteiger partial charge in [0.05, 0.1) is 18.8 Å². The summed E-state index contributed by atoms with van der Waals surface area (Å²) in [5, 5.41) is 0. The molecule has 0 amide bonds. The smallest absolute Gasteiger partial charge is 0.192 e. The second-order valence-corrected chi connectivity index (χ2v) is 6.37. The average Bonchev–Trinajstić information content (AvgIpc) is 2.77. The maximum Gasteiger partial charge on any atom is 0.192 e. The number of carbonyl (C=O) groups excluding carboxylic acids is 1. The lowest BCUT2D eigenvalue weighted by Crippen LogP contribution is -2.02. The Bertz CT molecular complexity index is 772. The molecule has 3 nitrogen and oxygen atoms in total. The Morgan fingerprint density at radius 3 is 2.72 bits per heavy atom. The Labute approximate surface area is 149 Å². The second kappa shape index (κ2) is 8.02. The van der Waals surface area contributed by atoms with Crippen LogP contribution < -0.4 is 9.47 Å². The zero-order valence-electron chi connectivity index (χ0n) is 14.9. The molecule has 0 atom stereocenters. The van der Waals surface area contributed by atoms with E-state index in [1.165, 1.54) is 0 Å². The predicted molar refractivity (Wildman–Crippen MR) is 100 cm³/mol. The van der Waals surface area contributed by atoms with E-state index < -0.39 is 0 Å². The molecule has 0 unspecified atom stereocenters. The predicted octanol–water partition coefficient (Wildman–Crippen LogP) is 5.22. The van der Waals surface area contributed by atoms with Crippen LogP contribution in [-0.4, -0.2) is 19.0 Å². The summed E-state index contributed by atoms with van der Waals surface area (Å²) in [5.41, 5.74) is 3.50. The highest BCUT2D eigenvalue weighted by Crippen LogP contribution is 2.28. The average molecular weight is 336 g/mol. The highest BCUT2D eigenvalue weighted by molar-refractivity contribution is 6.13. The minimum atomic E-state index is 0.0551. The maximum atomic E-state index is 12.9. The maximum absolute atomic E-state index is 12.9. The lowest BCUT2D eigenvalue weighted by molar-refractivity contribution is 0.103. The van der Waals surface area contributed by atoms with Crippen LogP contribution >= 0.6 is 0 Å². The first-order chi connectivity index (χ1) is 12.2. The number of ketones is 1. The summed E-state index contributed by atoms with van der Waals surface area (Å²) < 4.78 is 11.4. The third-order valence-corrected chi connectivity index (χ3v) is 4.29. The normalized spacial score (nSPS) is 15.4. The number of hydrogen-bond acceptors (Lipinski definition) is 3. The lowest BCUT2D eigenvalue weighted by atomic mass is 9.98. The van der Waals surface area contributed by atoms with Crippen LogP contribution in [0.3, 0.4) is 0 Å². The van der Waals surface area contributed by atoms with Gasteiger partial charge in [-0.25, -0.2) is 0 Å². The highest BCUT2D eigenvalue weighted by Gasteiger charge is 2.21. The van der Waals surface area contributed by atoms with Crippen molar-refractivity contribution in [3.63, 3.8) is 0 Å². The van der Waals surface area contributed by atoms with Crippen LogP contribution in [0.15, 0.2) is 48.0 Å². The number of unbranched alkanes of at least 4 members (excludes halogenated alkanes) is 1. The molecule has 1 heterocycles. The minimum absolute atomic E-state index is 0.0551. The fourth-order valence-corrected chi connectivity index (χ4v) is 2.84. The van der Waals surface area contributed by atoms with Crippen LogP contribution in [0.1, 0.15) is 47.7 Å². The third-order valence-electron chi connectivity index (χ3n) is 4.29. The van der Waals surface area contributed by atoms with Crippen LogP contribution in [0.5, 0.6) is 11.5 Å². The number of rotatable bonds is 5. The van der Waals surface area contributed by atoms with Gasteiger partial charge in [0.15, 0.2) is 5.78 Å². The molecule has 3 rings (SSSR count). The van der Waals surface area contributed by atoms with Crippen molar-refractivity contribution in [3.05, 3.63) is 64.7 Å². The van der Waals surface area contributed by atoms with Gasteiger partial charge < -0.3 is 9.47 Å². The van der Waals surface area contributed by atoms with Gasteiger partial charge in [-0.2, -0.15) is 0 Å². The molecule has 130 valence electrons. The van der Waals surface area contributed by atoms with Gasteiger partial charge in [-0.3, -0.25) is 4.79 Å². The van der Waals surface area contributed by atoms with Gasteiger partial charge in [0.2, 0.25) is 0 Å². The van der Waals surface area contributed by atoms with Crippen molar-refractivity contribution in [2.24, 2.45) is 0 Å². The topological polar surface area (TPSA) is 35.5 Å². The molecule has 0 N–H and O–H groups in total. The molecular formula is C22H24O3. The largest absolute Gasteiger partial charge is 0.494 e. The number of fused-ring (bicyclic) bond motifs is 1. The van der Waals surface area contributed by atoms with E-state index in [2.05, 4.69) is 6.92 Å². The van der Waals surface area contributed by atoms with Crippen molar-refractivity contribution in [2.45, 2.75) is 33.1 Å². The monoisotopic (exact) mass is 336 g/mol. The standard InChI is InChI=1S/C22H24O3/c1-3-4-12-24-19-8-6-17(7-9-19)15-18-11-13-25-21-10-5-16(2)14-20(21)22(18)23/h5-10,14-15H,3-4,11-13H2,1-2H3/b18-15-. The van der Waals surface area contributed by atoms with Gasteiger partial charge in [-0.15, -0.1) is 0 Å². The van der Waals surface area contributed by atoms with E-state index >= 15 is 0 Å². The number of benzene rings is 2. The number of hydrogen-bond donors (Lipinski definition) is 0. The Balaban J connectivity index is 1.79. The van der Waals surface area contributed by atoms with Crippen molar-refractivity contribution < 1.29 is 14.3 Å². The van der Waals surface area contributed by atoms with E-state index in [4.69, 9.17) is 9.47 Å². The number of aryl methyl sites for hydroxylation is 1. The van der Waals surface area contributed by atoms with Gasteiger partial charge in [0.25, 0.3) is 0 Å². The van der Waals surface area contributed by atoms with Crippen molar-refractivity contribution >= 4 is 11.9 Å². The van der Waals surface area contributed by atoms with Crippen LogP contribution in [0, 0.1) is 6.92 Å². The molecule has 25 heavy (non-hydrogen) atoms. The fraction of sp³-hybridized carbons (Fsp3) is 0.318. The summed E-state index contributed by atoms with van der Waals surface area (Å²) in [4.78, 5) is 12.9. The van der Waals surface area contributed by atoms with Gasteiger partial charge in [-0.1, -0.05) is 37.1 Å². The molecule has 0 aromatic heterocycles. The highest BCUT2D eigenvalue weighted by atomic mass is 16.5. The first-order valence-corrected chi connectivity index (χ1v) is 8.89. The van der Waals surface area contributed by atoms with Gasteiger partial charge in [-0.05, 0) is 49.2 Å². The fourth-order valence-electron chi connectivity index (χ4n) is 2.84. The number of Topliss-reactive ketones (excluding diaryl/α,β-unsaturated/α-hetero) is 1. The Hall–Kier alpha value is -2.55. The van der Waals surface area contributed by atoms with Crippen molar-refractivity contribution in [1.82, 2.24) is 0 Å². The number of ether oxygens (including phenoxy) is 2. The summed E-state index contributed by atoms with van der Waals surface area (Å²) in [5.74, 6) is 1.60. The molecule has 1 aliphatic heterocycles. The van der Waals surface area contributed by atoms with E-state index in [1.807, 2.05) is 55.5 Å². The molecule has 0 saturated heterocycles. The molecular weight excluding hydrogens is 312 g/mol. The van der Waals surface area contributed by atoms with Gasteiger partial charge in [0.1, 0.15) is 11.5 Å². The molecule has 0 radical (unpaired) electrons. The Morgan fingerprint density at radius 1 is 1.16 bits per heavy atom. The SMILES string of the molecule is CCCCOc1ccc(/C=C2/CCOc3ccc(C)cc3C2=O)cc1. The Kier molecular flexibility index (Phi) is 5.54. The van der Waals surface area contributed by atoms with E-state index in [0.717, 1.165) is 41.9 Å². The molecule has 2 aromatic rings. The first kappa shape index (κ1) is 17.3. The molecule has 0 bridgehead atoms. The lowest BCUT2D eigenvalue weighted by Gasteiger charge is -2.07. The summed E-state index contributed by atoms with van der Waals surface area (Å²) >= 11 is 0. The molecule has 0 fully saturated rings. The molecule has 0 aliphatic carbocycles. The van der Waals surface area contributed by atoms with Crippen LogP contribution in [0.4, 0.5) is 0 Å². The molecule has 3 heteroatoms. The zero-order valence-corrected chi connectivity index (χ0v) is 14.9. The van der Waals surface area contributed by atoms with Gasteiger partial charge in [0, 0.05) is 12.0 Å². The molecule has 0 saturated carbocycles. The van der Waals surface area contributed by atoms with Crippen molar-refractivity contribution in [3.8, 4) is 11.5 Å². The quantitative estimate of drug-likeness (QED) is 0.554. The summed E-state index contributed by atoms with van der Waals surface area (Å²) in [6.07, 6.45) is 4.74. The summed E-state index contributed by atoms with van der Waals surface area (Å²) in [6.45, 7) is 5.39. The van der Waals surface area contributed by atoms with E-state index in [-0.39, 0.29) is 5.78 Å². The summed E-state index contributed by atoms with van der Waals surface area (Å²) in [6, 6.07) is 13.7. The van der Waals surface area contributed by atoms with Crippen LogP contribution in [-0.2, 0) is 0 Å². The molecule has 0 spiro atoms. The van der Waals surface area contributed by atoms with Crippen molar-refractivity contribution in [2.75, 3.05) is 13.2 Å². The second-order valence-electron chi connectivity index (χ2n) is 6.37. The van der Waals surface area contributed by atoms with E-state index in [0.29, 0.717) is 24.3 Å². The van der Waals surface area contributed by atoms with E-state index in [9.17, 15) is 4.79 Å².